The summed E-state index contributed by atoms with van der Waals surface area (Å²) in [6, 6.07) is 3.04. The van der Waals surface area contributed by atoms with E-state index in [1.54, 1.807) is 0 Å². The van der Waals surface area contributed by atoms with Crippen molar-refractivity contribution in [2.45, 2.75) is 19.8 Å². The van der Waals surface area contributed by atoms with Gasteiger partial charge >= 0.3 is 0 Å². The number of hydrogen-bond donors (Lipinski definition) is 3. The maximum atomic E-state index is 12.2. The Morgan fingerprint density at radius 2 is 1.86 bits per heavy atom. The number of H-pyrrole nitrogens is 1. The predicted molar refractivity (Wildman–Crippen MR) is 92.9 cm³/mol. The number of aromatic nitrogens is 2. The van der Waals surface area contributed by atoms with Gasteiger partial charge in [-0.05, 0) is 34.0 Å². The molecule has 1 aromatic heterocycles. The number of anilines is 1. The third-order valence-corrected chi connectivity index (χ3v) is 4.45. The van der Waals surface area contributed by atoms with Gasteiger partial charge in [-0.1, -0.05) is 48.7 Å². The molecule has 22 heavy (non-hydrogen) atoms. The number of hydrazine groups is 1. The van der Waals surface area contributed by atoms with Gasteiger partial charge in [-0.15, -0.1) is 0 Å². The van der Waals surface area contributed by atoms with E-state index < -0.39 is 5.91 Å². The van der Waals surface area contributed by atoms with Crippen LogP contribution in [0.3, 0.4) is 0 Å². The number of nitrogens with one attached hydrogen (secondary N) is 3. The smallest absolute Gasteiger partial charge is 0.291 e. The molecule has 0 aliphatic rings. The summed E-state index contributed by atoms with van der Waals surface area (Å²) in [5.74, 6) is -0.228. The number of amides is 1. The average molecular weight is 427 g/mol. The number of aromatic amines is 1. The van der Waals surface area contributed by atoms with Gasteiger partial charge in [0, 0.05) is 5.02 Å². The lowest BCUT2D eigenvalue weighted by molar-refractivity contribution is 0.0957. The second kappa shape index (κ2) is 7.08. The molecule has 0 spiro atoms. The highest BCUT2D eigenvalue weighted by atomic mass is 79.9. The highest BCUT2D eigenvalue weighted by Crippen LogP contribution is 2.33. The number of hydrogen-bond acceptors (Lipinski definition) is 3. The fourth-order valence-corrected chi connectivity index (χ4v) is 3.44. The molecular formula is C13H12BrCl3N4O. The minimum Gasteiger partial charge on any atom is -0.295 e. The first-order valence-electron chi connectivity index (χ1n) is 6.26. The Kier molecular flexibility index (Phi) is 5.60. The summed E-state index contributed by atoms with van der Waals surface area (Å²) in [5.41, 5.74) is 6.60. The van der Waals surface area contributed by atoms with E-state index >= 15 is 0 Å². The monoisotopic (exact) mass is 424 g/mol. The van der Waals surface area contributed by atoms with Crippen molar-refractivity contribution < 1.29 is 4.79 Å². The Morgan fingerprint density at radius 1 is 1.27 bits per heavy atom. The van der Waals surface area contributed by atoms with Crippen LogP contribution in [0.2, 0.25) is 15.1 Å². The molecule has 3 N–H and O–H groups in total. The van der Waals surface area contributed by atoms with Crippen LogP contribution in [0.25, 0.3) is 0 Å². The van der Waals surface area contributed by atoms with E-state index in [0.29, 0.717) is 25.2 Å². The van der Waals surface area contributed by atoms with Gasteiger partial charge in [-0.2, -0.15) is 5.10 Å². The van der Waals surface area contributed by atoms with E-state index in [1.807, 2.05) is 13.8 Å². The number of halogens is 4. The predicted octanol–water partition coefficient (Wildman–Crippen LogP) is 5.01. The van der Waals surface area contributed by atoms with E-state index in [2.05, 4.69) is 37.0 Å². The Morgan fingerprint density at radius 3 is 2.36 bits per heavy atom. The Balaban J connectivity index is 2.14. The van der Waals surface area contributed by atoms with Crippen LogP contribution in [0, 0.1) is 0 Å². The molecule has 1 aromatic carbocycles. The molecule has 9 heteroatoms. The molecule has 0 fully saturated rings. The fraction of sp³-hybridized carbons (Fsp3) is 0.231. The van der Waals surface area contributed by atoms with Crippen molar-refractivity contribution in [3.63, 3.8) is 0 Å². The SMILES string of the molecule is CC(C)c1[nH]nc(C(=O)NNc2c(Cl)cc(Cl)cc2Cl)c1Br. The number of benzene rings is 1. The molecule has 0 unspecified atom stereocenters. The molecule has 0 aliphatic carbocycles. The zero-order valence-electron chi connectivity index (χ0n) is 11.6. The molecule has 0 saturated carbocycles. The second-order valence-electron chi connectivity index (χ2n) is 4.78. The third-order valence-electron chi connectivity index (χ3n) is 2.83. The zero-order valence-corrected chi connectivity index (χ0v) is 15.5. The third kappa shape index (κ3) is 3.68. The van der Waals surface area contributed by atoms with Crippen molar-refractivity contribution in [2.75, 3.05) is 5.43 Å². The van der Waals surface area contributed by atoms with Crippen LogP contribution in [-0.4, -0.2) is 16.1 Å². The van der Waals surface area contributed by atoms with Crippen molar-refractivity contribution >= 4 is 62.3 Å². The normalized spacial score (nSPS) is 10.9. The topological polar surface area (TPSA) is 69.8 Å². The average Bonchev–Trinajstić information content (AvgIpc) is 2.79. The maximum Gasteiger partial charge on any atom is 0.291 e. The lowest BCUT2D eigenvalue weighted by Crippen LogP contribution is -2.30. The Labute approximate surface area is 150 Å². The first-order valence-corrected chi connectivity index (χ1v) is 8.18. The van der Waals surface area contributed by atoms with E-state index in [0.717, 1.165) is 5.69 Å². The largest absolute Gasteiger partial charge is 0.295 e. The zero-order chi connectivity index (χ0) is 16.4. The van der Waals surface area contributed by atoms with Crippen molar-refractivity contribution in [3.8, 4) is 0 Å². The van der Waals surface area contributed by atoms with E-state index in [1.165, 1.54) is 12.1 Å². The lowest BCUT2D eigenvalue weighted by atomic mass is 10.1. The summed E-state index contributed by atoms with van der Waals surface area (Å²) in [5, 5.41) is 7.82. The highest BCUT2D eigenvalue weighted by Gasteiger charge is 2.19. The lowest BCUT2D eigenvalue weighted by Gasteiger charge is -2.11. The summed E-state index contributed by atoms with van der Waals surface area (Å²) in [4.78, 5) is 12.2. The summed E-state index contributed by atoms with van der Waals surface area (Å²) >= 11 is 21.2. The van der Waals surface area contributed by atoms with E-state index in [4.69, 9.17) is 34.8 Å². The highest BCUT2D eigenvalue weighted by molar-refractivity contribution is 9.10. The van der Waals surface area contributed by atoms with Crippen LogP contribution in [0.5, 0.6) is 0 Å². The minimum atomic E-state index is -0.433. The van der Waals surface area contributed by atoms with Crippen molar-refractivity contribution in [3.05, 3.63) is 43.1 Å². The van der Waals surface area contributed by atoms with Crippen LogP contribution in [0.1, 0.15) is 35.9 Å². The maximum absolute atomic E-state index is 12.2. The molecule has 0 saturated heterocycles. The van der Waals surface area contributed by atoms with Gasteiger partial charge in [-0.3, -0.25) is 20.7 Å². The number of carbonyl (C=O) groups is 1. The molecular weight excluding hydrogens is 414 g/mol. The van der Waals surface area contributed by atoms with Crippen LogP contribution in [-0.2, 0) is 0 Å². The minimum absolute atomic E-state index is 0.205. The molecule has 0 atom stereocenters. The van der Waals surface area contributed by atoms with Crippen molar-refractivity contribution in [1.29, 1.82) is 0 Å². The van der Waals surface area contributed by atoms with Gasteiger partial charge in [0.25, 0.3) is 5.91 Å². The second-order valence-corrected chi connectivity index (χ2v) is 6.82. The molecule has 2 aromatic rings. The van der Waals surface area contributed by atoms with E-state index in [9.17, 15) is 4.79 Å². The molecule has 0 aliphatic heterocycles. The van der Waals surface area contributed by atoms with Crippen LogP contribution in [0.4, 0.5) is 5.69 Å². The van der Waals surface area contributed by atoms with Crippen molar-refractivity contribution in [2.24, 2.45) is 0 Å². The number of carbonyl (C=O) groups excluding carboxylic acids is 1. The Hall–Kier alpha value is -0.950. The molecule has 0 radical (unpaired) electrons. The Bertz CT molecular complexity index is 694. The van der Waals surface area contributed by atoms with Gasteiger partial charge in [0.15, 0.2) is 5.69 Å². The summed E-state index contributed by atoms with van der Waals surface area (Å²) < 4.78 is 0.620. The molecule has 118 valence electrons. The fourth-order valence-electron chi connectivity index (χ4n) is 1.71. The van der Waals surface area contributed by atoms with Gasteiger partial charge in [0.2, 0.25) is 0 Å². The summed E-state index contributed by atoms with van der Waals surface area (Å²) in [6.07, 6.45) is 0. The molecule has 2 rings (SSSR count). The van der Waals surface area contributed by atoms with E-state index in [-0.39, 0.29) is 11.6 Å². The summed E-state index contributed by atoms with van der Waals surface area (Å²) in [7, 11) is 0. The quantitative estimate of drug-likeness (QED) is 0.602. The molecule has 1 heterocycles. The van der Waals surface area contributed by atoms with Crippen molar-refractivity contribution in [1.82, 2.24) is 15.6 Å². The molecule has 0 bridgehead atoms. The number of rotatable bonds is 4. The summed E-state index contributed by atoms with van der Waals surface area (Å²) in [6.45, 7) is 3.98. The van der Waals surface area contributed by atoms with Crippen LogP contribution < -0.4 is 10.9 Å². The van der Waals surface area contributed by atoms with Gasteiger partial charge in [0.05, 0.1) is 25.9 Å². The molecule has 1 amide bonds. The van der Waals surface area contributed by atoms with Gasteiger partial charge in [-0.25, -0.2) is 0 Å². The van der Waals surface area contributed by atoms with Crippen LogP contribution in [0.15, 0.2) is 16.6 Å². The standard InChI is InChI=1S/C13H12BrCl3N4O/c1-5(2)10-9(14)12(20-18-10)13(22)21-19-11-7(16)3-6(15)4-8(11)17/h3-5,19H,1-2H3,(H,18,20)(H,21,22). The number of nitrogens with zero attached hydrogens (tertiary/aromatic N) is 1. The molecule has 5 nitrogen and oxygen atoms in total. The van der Waals surface area contributed by atoms with Gasteiger partial charge in [0.1, 0.15) is 0 Å². The first kappa shape index (κ1) is 17.4. The van der Waals surface area contributed by atoms with Gasteiger partial charge < -0.3 is 0 Å². The van der Waals surface area contributed by atoms with Crippen LogP contribution >= 0.6 is 50.7 Å². The first-order chi connectivity index (χ1) is 10.3.